The molecule has 0 unspecified atom stereocenters. The largest absolute Gasteiger partial charge is 0.289 e. The number of rotatable bonds is 0. The van der Waals surface area contributed by atoms with Gasteiger partial charge in [0.2, 0.25) is 0 Å². The van der Waals surface area contributed by atoms with Gasteiger partial charge in [-0.3, -0.25) is 19.2 Å². The average Bonchev–Trinajstić information content (AvgIpc) is 3.89. The fraction of sp³-hybridized carbons (Fsp3) is 0.0714. The summed E-state index contributed by atoms with van der Waals surface area (Å²) in [5.41, 5.74) is 10.6. The summed E-state index contributed by atoms with van der Waals surface area (Å²) >= 11 is 0. The smallest absolute Gasteiger partial charge is 0.185 e. The Labute approximate surface area is 350 Å². The summed E-state index contributed by atoms with van der Waals surface area (Å²) in [5.74, 6) is -0.801. The van der Waals surface area contributed by atoms with Crippen molar-refractivity contribution in [2.75, 3.05) is 0 Å². The van der Waals surface area contributed by atoms with Gasteiger partial charge in [-0.2, -0.15) is 0 Å². The molecule has 8 bridgehead atoms. The van der Waals surface area contributed by atoms with Gasteiger partial charge in [-0.15, -0.1) is 0 Å². The molecule has 1 saturated carbocycles. The van der Waals surface area contributed by atoms with Crippen molar-refractivity contribution in [2.45, 2.75) is 25.7 Å². The number of fused-ring (bicyclic) bond motifs is 8. The number of hydrogen-bond donors (Lipinski definition) is 0. The molecule has 9 aliphatic carbocycles. The zero-order valence-electron chi connectivity index (χ0n) is 32.9. The highest BCUT2D eigenvalue weighted by molar-refractivity contribution is 6.19. The Bertz CT molecular complexity index is 2300. The summed E-state index contributed by atoms with van der Waals surface area (Å²) in [6, 6.07) is 0. The minimum atomic E-state index is -0.200. The molecule has 0 aromatic carbocycles. The molecular formula is C56H40O4. The van der Waals surface area contributed by atoms with Gasteiger partial charge in [0.05, 0.1) is 0 Å². The van der Waals surface area contributed by atoms with E-state index in [1.807, 2.05) is 194 Å². The molecule has 4 heteroatoms. The molecule has 0 aromatic heterocycles. The van der Waals surface area contributed by atoms with E-state index in [0.717, 1.165) is 44.6 Å². The van der Waals surface area contributed by atoms with Gasteiger partial charge in [0.15, 0.2) is 23.1 Å². The lowest BCUT2D eigenvalue weighted by Gasteiger charge is -2.25. The van der Waals surface area contributed by atoms with Crippen LogP contribution in [0, 0.1) is 0 Å². The maximum atomic E-state index is 14.7. The molecule has 1 fully saturated rings. The van der Waals surface area contributed by atoms with Crippen molar-refractivity contribution in [3.63, 3.8) is 0 Å². The fourth-order valence-electron chi connectivity index (χ4n) is 8.33. The topological polar surface area (TPSA) is 68.3 Å². The molecule has 60 heavy (non-hydrogen) atoms. The lowest BCUT2D eigenvalue weighted by atomic mass is 9.77. The summed E-state index contributed by atoms with van der Waals surface area (Å²) in [4.78, 5) is 59.0. The van der Waals surface area contributed by atoms with Crippen LogP contribution in [0.3, 0.4) is 0 Å². The van der Waals surface area contributed by atoms with Crippen LogP contribution in [-0.4, -0.2) is 23.1 Å². The van der Waals surface area contributed by atoms with Crippen molar-refractivity contribution in [3.05, 3.63) is 284 Å². The van der Waals surface area contributed by atoms with Crippen LogP contribution in [0.15, 0.2) is 284 Å². The predicted molar refractivity (Wildman–Crippen MR) is 241 cm³/mol. The molecular weight excluding hydrogens is 737 g/mol. The van der Waals surface area contributed by atoms with Gasteiger partial charge in [-0.1, -0.05) is 146 Å². The summed E-state index contributed by atoms with van der Waals surface area (Å²) < 4.78 is 0. The molecule has 0 spiro atoms. The van der Waals surface area contributed by atoms with Crippen molar-refractivity contribution >= 4 is 23.1 Å². The van der Waals surface area contributed by atoms with Crippen LogP contribution < -0.4 is 0 Å². The zero-order valence-corrected chi connectivity index (χ0v) is 32.9. The Morgan fingerprint density at radius 2 is 0.350 bits per heavy atom. The third kappa shape index (κ3) is 7.96. The first-order chi connectivity index (χ1) is 29.4. The summed E-state index contributed by atoms with van der Waals surface area (Å²) in [5, 5.41) is 0. The Morgan fingerprint density at radius 3 is 0.500 bits per heavy atom. The molecule has 0 atom stereocenters. The molecule has 9 aliphatic rings. The van der Waals surface area contributed by atoms with Crippen molar-refractivity contribution in [1.82, 2.24) is 0 Å². The third-order valence-electron chi connectivity index (χ3n) is 11.4. The Balaban J connectivity index is 1.26. The van der Waals surface area contributed by atoms with Crippen molar-refractivity contribution in [2.24, 2.45) is 0 Å². The summed E-state index contributed by atoms with van der Waals surface area (Å²) in [7, 11) is 0. The van der Waals surface area contributed by atoms with E-state index in [2.05, 4.69) is 0 Å². The average molecular weight is 777 g/mol. The highest BCUT2D eigenvalue weighted by Gasteiger charge is 2.33. The van der Waals surface area contributed by atoms with E-state index in [9.17, 15) is 19.2 Å². The molecule has 9 rings (SSSR count). The number of Topliss-reactive ketones (excluding diaryl/α,β-unsaturated/α-hetero) is 4. The minimum absolute atomic E-state index is 0.0728. The van der Waals surface area contributed by atoms with Crippen LogP contribution in [0.5, 0.6) is 0 Å². The van der Waals surface area contributed by atoms with Gasteiger partial charge in [0, 0.05) is 70.3 Å². The first-order valence-corrected chi connectivity index (χ1v) is 20.2. The molecule has 0 aliphatic heterocycles. The van der Waals surface area contributed by atoms with Gasteiger partial charge in [-0.25, -0.2) is 0 Å². The number of allylic oxidation sites excluding steroid dienone is 48. The van der Waals surface area contributed by atoms with Crippen LogP contribution in [0.4, 0.5) is 0 Å². The lowest BCUT2D eigenvalue weighted by Crippen LogP contribution is -2.22. The minimum Gasteiger partial charge on any atom is -0.289 e. The summed E-state index contributed by atoms with van der Waals surface area (Å²) in [6.07, 6.45) is 62.6. The van der Waals surface area contributed by atoms with Crippen molar-refractivity contribution in [1.29, 1.82) is 0 Å². The molecule has 0 heterocycles. The van der Waals surface area contributed by atoms with Crippen LogP contribution >= 0.6 is 0 Å². The Hall–Kier alpha value is -7.56. The van der Waals surface area contributed by atoms with E-state index in [-0.39, 0.29) is 48.8 Å². The monoisotopic (exact) mass is 776 g/mol. The fourth-order valence-corrected chi connectivity index (χ4v) is 8.33. The second-order valence-corrected chi connectivity index (χ2v) is 15.4. The number of hydrogen-bond acceptors (Lipinski definition) is 4. The second-order valence-electron chi connectivity index (χ2n) is 15.4. The molecule has 0 amide bonds. The van der Waals surface area contributed by atoms with E-state index >= 15 is 0 Å². The first kappa shape index (κ1) is 38.0. The highest BCUT2D eigenvalue weighted by Crippen LogP contribution is 2.39. The standard InChI is InChI=1S/C56H40O4/c57-53-45-25-41(37-17-9-1-2-10-18-37)26-46(53)34-48-28-43(39-21-13-5-6-14-22-39)30-50(55(48)59)36-52-32-44(40-23-15-7-8-16-24-40)31-51(56(52)60)35-49-29-42(27-47(33-45)54(49)58)38-19-11-3-4-12-20-38/h1-32H,33-36H2. The second kappa shape index (κ2) is 16.7. The van der Waals surface area contributed by atoms with Gasteiger partial charge in [-0.05, 0) is 93.2 Å². The zero-order chi connectivity index (χ0) is 41.0. The quantitative estimate of drug-likeness (QED) is 0.246. The number of carbonyl (C=O) groups is 4. The predicted octanol–water partition coefficient (Wildman–Crippen LogP) is 11.2. The number of ketones is 4. The normalized spacial score (nSPS) is 22.3. The maximum absolute atomic E-state index is 14.7. The third-order valence-corrected chi connectivity index (χ3v) is 11.4. The van der Waals surface area contributed by atoms with Gasteiger partial charge in [0.1, 0.15) is 0 Å². The number of carbonyl (C=O) groups excluding carboxylic acids is 4. The van der Waals surface area contributed by atoms with Crippen LogP contribution in [0.1, 0.15) is 25.7 Å². The van der Waals surface area contributed by atoms with Gasteiger partial charge < -0.3 is 0 Å². The van der Waals surface area contributed by atoms with E-state index < -0.39 is 0 Å². The maximum Gasteiger partial charge on any atom is 0.185 e. The van der Waals surface area contributed by atoms with E-state index in [0.29, 0.717) is 44.6 Å². The van der Waals surface area contributed by atoms with Crippen molar-refractivity contribution < 1.29 is 19.2 Å². The van der Waals surface area contributed by atoms with Crippen LogP contribution in [-0.2, 0) is 19.2 Å². The molecule has 0 saturated heterocycles. The Kier molecular flexibility index (Phi) is 10.6. The molecule has 0 N–H and O–H groups in total. The van der Waals surface area contributed by atoms with E-state index in [1.165, 1.54) is 0 Å². The first-order valence-electron chi connectivity index (χ1n) is 20.2. The van der Waals surface area contributed by atoms with Crippen LogP contribution in [0.2, 0.25) is 0 Å². The Morgan fingerprint density at radius 1 is 0.200 bits per heavy atom. The molecule has 0 radical (unpaired) electrons. The van der Waals surface area contributed by atoms with Crippen molar-refractivity contribution in [3.8, 4) is 0 Å². The van der Waals surface area contributed by atoms with E-state index in [1.54, 1.807) is 0 Å². The SMILES string of the molecule is O=C1C2=CC(=C3C=CC=CC=C3)C=C1CC1=CC(=C3C=CC=CC=C3)C=C(CC3=CC(=C4C=CC=CC=C4)C=C(CC4=CC(=C5C=CC=CC=C5)C=C(C2)C4=O)C3=O)C1=O. The van der Waals surface area contributed by atoms with E-state index in [4.69, 9.17) is 0 Å². The lowest BCUT2D eigenvalue weighted by molar-refractivity contribution is -0.113. The highest BCUT2D eigenvalue weighted by atomic mass is 16.1. The summed E-state index contributed by atoms with van der Waals surface area (Å²) in [6.45, 7) is 0. The molecule has 0 aromatic rings. The molecule has 4 nitrogen and oxygen atoms in total. The van der Waals surface area contributed by atoms with Gasteiger partial charge in [0.25, 0.3) is 0 Å². The van der Waals surface area contributed by atoms with Gasteiger partial charge >= 0.3 is 0 Å². The molecule has 288 valence electrons. The van der Waals surface area contributed by atoms with Crippen LogP contribution in [0.25, 0.3) is 0 Å².